The van der Waals surface area contributed by atoms with Crippen LogP contribution in [0, 0.1) is 5.41 Å². The van der Waals surface area contributed by atoms with Crippen LogP contribution in [0.4, 0.5) is 0 Å². The first-order valence-electron chi connectivity index (χ1n) is 6.58. The molecule has 0 spiro atoms. The van der Waals surface area contributed by atoms with Crippen LogP contribution in [0.2, 0.25) is 0 Å². The maximum Gasteiger partial charge on any atom is 0.155 e. The van der Waals surface area contributed by atoms with Crippen LogP contribution in [0.1, 0.15) is 51.9 Å². The van der Waals surface area contributed by atoms with Gasteiger partial charge in [0.05, 0.1) is 0 Å². The van der Waals surface area contributed by atoms with Gasteiger partial charge in [-0.25, -0.2) is 0 Å². The average molecular weight is 232 g/mol. The largest absolute Gasteiger partial charge is 0.295 e. The zero-order valence-corrected chi connectivity index (χ0v) is 11.0. The fraction of sp³-hybridized carbons (Fsp3) is 0.562. The number of carbonyl (C=O) groups is 1. The predicted molar refractivity (Wildman–Crippen MR) is 73.9 cm³/mol. The molecule has 1 atom stereocenters. The van der Waals surface area contributed by atoms with E-state index >= 15 is 0 Å². The fourth-order valence-electron chi connectivity index (χ4n) is 2.62. The highest BCUT2D eigenvalue weighted by Crippen LogP contribution is 2.41. The lowest BCUT2D eigenvalue weighted by Gasteiger charge is -2.30. The van der Waals surface area contributed by atoms with E-state index in [1.54, 1.807) is 0 Å². The van der Waals surface area contributed by atoms with Crippen molar-refractivity contribution in [1.82, 2.24) is 0 Å². The Balaban J connectivity index is 2.83. The van der Waals surface area contributed by atoms with Gasteiger partial charge in [0, 0.05) is 6.42 Å². The molecule has 1 rings (SSSR count). The van der Waals surface area contributed by atoms with Crippen LogP contribution in [0.5, 0.6) is 0 Å². The first kappa shape index (κ1) is 14.0. The van der Waals surface area contributed by atoms with Gasteiger partial charge >= 0.3 is 0 Å². The SMILES string of the molecule is C=CCCCC1=CC(=O)CCC[C@@]1(C)CC=C. The molecule has 17 heavy (non-hydrogen) atoms. The Bertz CT molecular complexity index is 324. The lowest BCUT2D eigenvalue weighted by molar-refractivity contribution is -0.114. The molecule has 0 saturated heterocycles. The van der Waals surface area contributed by atoms with Gasteiger partial charge in [-0.05, 0) is 50.0 Å². The van der Waals surface area contributed by atoms with Crippen LogP contribution in [-0.4, -0.2) is 5.78 Å². The maximum absolute atomic E-state index is 11.7. The zero-order valence-electron chi connectivity index (χ0n) is 11.0. The van der Waals surface area contributed by atoms with Crippen molar-refractivity contribution in [3.05, 3.63) is 37.0 Å². The van der Waals surface area contributed by atoms with Crippen LogP contribution < -0.4 is 0 Å². The first-order chi connectivity index (χ1) is 8.12. The van der Waals surface area contributed by atoms with E-state index in [-0.39, 0.29) is 5.41 Å². The molecule has 0 unspecified atom stereocenters. The van der Waals surface area contributed by atoms with Crippen molar-refractivity contribution >= 4 is 5.78 Å². The summed E-state index contributed by atoms with van der Waals surface area (Å²) < 4.78 is 0. The van der Waals surface area contributed by atoms with Crippen LogP contribution in [0.25, 0.3) is 0 Å². The highest BCUT2D eigenvalue weighted by atomic mass is 16.1. The third-order valence-corrected chi connectivity index (χ3v) is 3.71. The topological polar surface area (TPSA) is 17.1 Å². The number of hydrogen-bond donors (Lipinski definition) is 0. The number of carbonyl (C=O) groups excluding carboxylic acids is 1. The highest BCUT2D eigenvalue weighted by molar-refractivity contribution is 5.90. The quantitative estimate of drug-likeness (QED) is 0.483. The van der Waals surface area contributed by atoms with Crippen LogP contribution in [-0.2, 0) is 4.79 Å². The molecule has 0 amide bonds. The number of rotatable bonds is 6. The molecule has 1 aliphatic carbocycles. The summed E-state index contributed by atoms with van der Waals surface area (Å²) in [6.07, 6.45) is 12.8. The summed E-state index contributed by atoms with van der Waals surface area (Å²) in [5, 5.41) is 0. The number of ketones is 1. The molecule has 94 valence electrons. The second-order valence-electron chi connectivity index (χ2n) is 5.22. The second-order valence-corrected chi connectivity index (χ2v) is 5.22. The van der Waals surface area contributed by atoms with E-state index in [1.807, 2.05) is 18.2 Å². The molecule has 0 N–H and O–H groups in total. The van der Waals surface area contributed by atoms with Crippen molar-refractivity contribution in [1.29, 1.82) is 0 Å². The predicted octanol–water partition coefficient (Wildman–Crippen LogP) is 4.60. The van der Waals surface area contributed by atoms with Crippen LogP contribution in [0.3, 0.4) is 0 Å². The molecule has 0 aromatic carbocycles. The molecule has 1 heteroatoms. The average Bonchev–Trinajstić information content (AvgIpc) is 2.40. The van der Waals surface area contributed by atoms with E-state index in [0.717, 1.165) is 38.5 Å². The maximum atomic E-state index is 11.7. The minimum Gasteiger partial charge on any atom is -0.295 e. The summed E-state index contributed by atoms with van der Waals surface area (Å²) in [4.78, 5) is 11.7. The third kappa shape index (κ3) is 3.99. The molecule has 0 fully saturated rings. The molecular formula is C16H24O. The molecule has 0 bridgehead atoms. The number of unbranched alkanes of at least 4 members (excludes halogenated alkanes) is 1. The number of allylic oxidation sites excluding steroid dienone is 4. The molecule has 0 heterocycles. The Morgan fingerprint density at radius 3 is 2.82 bits per heavy atom. The minimum atomic E-state index is 0.148. The van der Waals surface area contributed by atoms with Crippen molar-refractivity contribution < 1.29 is 4.79 Å². The summed E-state index contributed by atoms with van der Waals surface area (Å²) in [6.45, 7) is 9.87. The van der Waals surface area contributed by atoms with Crippen molar-refractivity contribution in [3.63, 3.8) is 0 Å². The molecule has 0 aromatic heterocycles. The highest BCUT2D eigenvalue weighted by Gasteiger charge is 2.29. The summed E-state index contributed by atoms with van der Waals surface area (Å²) in [6, 6.07) is 0. The summed E-state index contributed by atoms with van der Waals surface area (Å²) in [5.74, 6) is 0.298. The van der Waals surface area contributed by atoms with Gasteiger partial charge in [0.25, 0.3) is 0 Å². The van der Waals surface area contributed by atoms with Gasteiger partial charge < -0.3 is 0 Å². The summed E-state index contributed by atoms with van der Waals surface area (Å²) in [7, 11) is 0. The molecule has 0 aromatic rings. The molecule has 0 radical (unpaired) electrons. The van der Waals surface area contributed by atoms with Crippen molar-refractivity contribution in [2.45, 2.75) is 51.9 Å². The van der Waals surface area contributed by atoms with Gasteiger partial charge in [0.2, 0.25) is 0 Å². The van der Waals surface area contributed by atoms with Crippen LogP contribution in [0.15, 0.2) is 37.0 Å². The van der Waals surface area contributed by atoms with Gasteiger partial charge in [-0.2, -0.15) is 0 Å². The molecule has 0 saturated carbocycles. The van der Waals surface area contributed by atoms with E-state index in [1.165, 1.54) is 5.57 Å². The molecule has 1 aliphatic rings. The standard InChI is InChI=1S/C16H24O/c1-4-6-7-9-14-13-15(17)10-8-12-16(14,3)11-5-2/h4-5,13H,1-2,6-12H2,3H3/t16-/m1/s1. The van der Waals surface area contributed by atoms with Gasteiger partial charge in [-0.15, -0.1) is 13.2 Å². The Morgan fingerprint density at radius 2 is 2.18 bits per heavy atom. The third-order valence-electron chi connectivity index (χ3n) is 3.71. The summed E-state index contributed by atoms with van der Waals surface area (Å²) in [5.41, 5.74) is 1.47. The Morgan fingerprint density at radius 1 is 1.41 bits per heavy atom. The van der Waals surface area contributed by atoms with Gasteiger partial charge in [0.15, 0.2) is 5.78 Å². The Labute approximate surface area is 105 Å². The Kier molecular flexibility index (Phi) is 5.40. The van der Waals surface area contributed by atoms with Crippen molar-refractivity contribution in [2.24, 2.45) is 5.41 Å². The smallest absolute Gasteiger partial charge is 0.155 e. The minimum absolute atomic E-state index is 0.148. The van der Waals surface area contributed by atoms with Gasteiger partial charge in [-0.1, -0.05) is 24.6 Å². The molecule has 0 aliphatic heterocycles. The van der Waals surface area contributed by atoms with E-state index < -0.39 is 0 Å². The van der Waals surface area contributed by atoms with Gasteiger partial charge in [-0.3, -0.25) is 4.79 Å². The Hall–Kier alpha value is -1.11. The summed E-state index contributed by atoms with van der Waals surface area (Å²) >= 11 is 0. The van der Waals surface area contributed by atoms with E-state index in [0.29, 0.717) is 12.2 Å². The first-order valence-corrected chi connectivity index (χ1v) is 6.58. The monoisotopic (exact) mass is 232 g/mol. The molecule has 1 nitrogen and oxygen atoms in total. The second kappa shape index (κ2) is 6.58. The lowest BCUT2D eigenvalue weighted by atomic mass is 9.74. The number of hydrogen-bond acceptors (Lipinski definition) is 1. The van der Waals surface area contributed by atoms with E-state index in [9.17, 15) is 4.79 Å². The molecular weight excluding hydrogens is 208 g/mol. The van der Waals surface area contributed by atoms with E-state index in [2.05, 4.69) is 20.1 Å². The fourth-order valence-corrected chi connectivity index (χ4v) is 2.62. The van der Waals surface area contributed by atoms with Crippen molar-refractivity contribution in [2.75, 3.05) is 0 Å². The normalized spacial score (nSPS) is 25.0. The van der Waals surface area contributed by atoms with E-state index in [4.69, 9.17) is 0 Å². The van der Waals surface area contributed by atoms with Gasteiger partial charge in [0.1, 0.15) is 0 Å². The lowest BCUT2D eigenvalue weighted by Crippen LogP contribution is -2.18. The van der Waals surface area contributed by atoms with Crippen molar-refractivity contribution in [3.8, 4) is 0 Å². The zero-order chi connectivity index (χ0) is 12.7. The van der Waals surface area contributed by atoms with Crippen LogP contribution >= 0.6 is 0 Å².